The zero-order valence-corrected chi connectivity index (χ0v) is 18.0. The maximum Gasteiger partial charge on any atom is 0.407 e. The minimum atomic E-state index is -4.39. The molecule has 0 saturated heterocycles. The van der Waals surface area contributed by atoms with Crippen LogP contribution in [0, 0.1) is 0 Å². The van der Waals surface area contributed by atoms with Crippen LogP contribution in [0.1, 0.15) is 54.7 Å². The van der Waals surface area contributed by atoms with Gasteiger partial charge in [0.1, 0.15) is 11.7 Å². The van der Waals surface area contributed by atoms with E-state index in [1.165, 1.54) is 12.1 Å². The van der Waals surface area contributed by atoms with Gasteiger partial charge in [-0.05, 0) is 50.3 Å². The van der Waals surface area contributed by atoms with Gasteiger partial charge in [0.25, 0.3) is 5.91 Å². The monoisotopic (exact) mass is 443 g/mol. The van der Waals surface area contributed by atoms with Crippen molar-refractivity contribution in [2.75, 3.05) is 6.54 Å². The molecule has 2 N–H and O–H groups in total. The first-order valence-electron chi connectivity index (χ1n) is 11.1. The minimum absolute atomic E-state index is 0.102. The maximum absolute atomic E-state index is 13.8. The lowest BCUT2D eigenvalue weighted by atomic mass is 9.88. The Balaban J connectivity index is 1.49. The van der Waals surface area contributed by atoms with Crippen molar-refractivity contribution in [2.24, 2.45) is 0 Å². The molecular weight excluding hydrogens is 415 g/mol. The molecule has 7 heteroatoms. The van der Waals surface area contributed by atoms with Crippen LogP contribution in [0.2, 0.25) is 0 Å². The molecule has 3 atom stereocenters. The van der Waals surface area contributed by atoms with Crippen LogP contribution in [0.3, 0.4) is 0 Å². The van der Waals surface area contributed by atoms with E-state index in [-0.39, 0.29) is 23.6 Å². The zero-order valence-electron chi connectivity index (χ0n) is 18.0. The summed E-state index contributed by atoms with van der Waals surface area (Å²) >= 11 is 0. The highest BCUT2D eigenvalue weighted by Gasteiger charge is 2.42. The molecule has 1 heterocycles. The fourth-order valence-corrected chi connectivity index (χ4v) is 4.77. The van der Waals surface area contributed by atoms with Gasteiger partial charge in [0.15, 0.2) is 0 Å². The molecule has 1 aromatic heterocycles. The predicted octanol–water partition coefficient (Wildman–Crippen LogP) is 5.83. The summed E-state index contributed by atoms with van der Waals surface area (Å²) in [6.07, 6.45) is -1.66. The molecule has 32 heavy (non-hydrogen) atoms. The number of carbonyl (C=O) groups is 1. The van der Waals surface area contributed by atoms with E-state index in [1.807, 2.05) is 37.3 Å². The first kappa shape index (κ1) is 22.4. The molecule has 1 fully saturated rings. The van der Waals surface area contributed by atoms with Crippen LogP contribution in [0.25, 0.3) is 10.9 Å². The van der Waals surface area contributed by atoms with Crippen molar-refractivity contribution >= 4 is 16.8 Å². The lowest BCUT2D eigenvalue weighted by Crippen LogP contribution is -2.49. The molecule has 2 aromatic carbocycles. The van der Waals surface area contributed by atoms with Crippen molar-refractivity contribution in [1.29, 1.82) is 0 Å². The van der Waals surface area contributed by atoms with Crippen LogP contribution in [0.15, 0.2) is 60.7 Å². The average molecular weight is 444 g/mol. The van der Waals surface area contributed by atoms with Crippen LogP contribution in [0.4, 0.5) is 13.2 Å². The number of nitrogens with zero attached hydrogens (tertiary/aromatic N) is 1. The van der Waals surface area contributed by atoms with E-state index in [1.54, 1.807) is 23.1 Å². The van der Waals surface area contributed by atoms with E-state index >= 15 is 0 Å². The number of H-pyrrole nitrogens is 1. The first-order valence-corrected chi connectivity index (χ1v) is 11.1. The molecule has 0 aliphatic heterocycles. The van der Waals surface area contributed by atoms with Crippen LogP contribution in [0.5, 0.6) is 0 Å². The Morgan fingerprint density at radius 3 is 2.53 bits per heavy atom. The highest BCUT2D eigenvalue weighted by molar-refractivity contribution is 5.98. The van der Waals surface area contributed by atoms with E-state index in [9.17, 15) is 18.0 Å². The smallest absolute Gasteiger partial charge is 0.351 e. The summed E-state index contributed by atoms with van der Waals surface area (Å²) in [7, 11) is 0. The van der Waals surface area contributed by atoms with Gasteiger partial charge in [-0.1, -0.05) is 48.5 Å². The summed E-state index contributed by atoms with van der Waals surface area (Å²) in [5.74, 6) is -0.107. The van der Waals surface area contributed by atoms with Crippen LogP contribution in [-0.2, 0) is 0 Å². The van der Waals surface area contributed by atoms with E-state index in [2.05, 4.69) is 10.3 Å². The fraction of sp³-hybridized carbons (Fsp3) is 0.400. The summed E-state index contributed by atoms with van der Waals surface area (Å²) in [6, 6.07) is 15.4. The number of fused-ring (bicyclic) bond motifs is 1. The van der Waals surface area contributed by atoms with Gasteiger partial charge < -0.3 is 9.88 Å². The lowest BCUT2D eigenvalue weighted by Gasteiger charge is -2.39. The van der Waals surface area contributed by atoms with Crippen LogP contribution < -0.4 is 5.32 Å². The molecule has 4 rings (SSSR count). The summed E-state index contributed by atoms with van der Waals surface area (Å²) < 4.78 is 41.4. The number of amides is 1. The Morgan fingerprint density at radius 1 is 1.12 bits per heavy atom. The van der Waals surface area contributed by atoms with Crippen LogP contribution in [-0.4, -0.2) is 40.6 Å². The molecule has 0 bridgehead atoms. The third-order valence-corrected chi connectivity index (χ3v) is 6.31. The molecule has 4 nitrogen and oxygen atoms in total. The number of hydrogen-bond donors (Lipinski definition) is 2. The summed E-state index contributed by atoms with van der Waals surface area (Å²) in [4.78, 5) is 18.2. The first-order chi connectivity index (χ1) is 15.4. The second kappa shape index (κ2) is 9.36. The van der Waals surface area contributed by atoms with Crippen molar-refractivity contribution in [3.05, 3.63) is 71.9 Å². The molecular formula is C25H28F3N3O. The predicted molar refractivity (Wildman–Crippen MR) is 119 cm³/mol. The number of halogens is 3. The zero-order chi connectivity index (χ0) is 22.7. The number of alkyl halides is 3. The largest absolute Gasteiger partial charge is 0.407 e. The van der Waals surface area contributed by atoms with Gasteiger partial charge in [0.2, 0.25) is 0 Å². The second-order valence-corrected chi connectivity index (χ2v) is 8.43. The maximum atomic E-state index is 13.8. The van der Waals surface area contributed by atoms with Gasteiger partial charge in [-0.2, -0.15) is 13.2 Å². The second-order valence-electron chi connectivity index (χ2n) is 8.43. The Morgan fingerprint density at radius 2 is 1.84 bits per heavy atom. The molecule has 1 amide bonds. The summed E-state index contributed by atoms with van der Waals surface area (Å²) in [5, 5.41) is 3.81. The highest BCUT2D eigenvalue weighted by Crippen LogP contribution is 2.35. The average Bonchev–Trinajstić information content (AvgIpc) is 3.22. The molecule has 1 aliphatic rings. The third kappa shape index (κ3) is 4.83. The summed E-state index contributed by atoms with van der Waals surface area (Å²) in [5.41, 5.74) is 1.62. The molecule has 0 radical (unpaired) electrons. The van der Waals surface area contributed by atoms with Gasteiger partial charge in [-0.3, -0.25) is 10.1 Å². The Hall–Kier alpha value is -2.80. The quantitative estimate of drug-likeness (QED) is 0.503. The van der Waals surface area contributed by atoms with Crippen molar-refractivity contribution in [3.8, 4) is 0 Å². The van der Waals surface area contributed by atoms with Gasteiger partial charge in [0, 0.05) is 29.5 Å². The number of aromatic amines is 1. The number of rotatable bonds is 6. The van der Waals surface area contributed by atoms with Gasteiger partial charge in [0.05, 0.1) is 0 Å². The normalized spacial score (nSPS) is 20.2. The Labute approximate surface area is 185 Å². The lowest BCUT2D eigenvalue weighted by molar-refractivity contribution is -0.160. The number of aromatic nitrogens is 1. The van der Waals surface area contributed by atoms with E-state index < -0.39 is 12.2 Å². The Bertz CT molecular complexity index is 1010. The van der Waals surface area contributed by atoms with E-state index in [0.717, 1.165) is 23.7 Å². The van der Waals surface area contributed by atoms with Crippen molar-refractivity contribution < 1.29 is 18.0 Å². The van der Waals surface area contributed by atoms with Crippen LogP contribution >= 0.6 is 0 Å². The van der Waals surface area contributed by atoms with E-state index in [4.69, 9.17) is 0 Å². The molecule has 0 spiro atoms. The molecule has 1 saturated carbocycles. The molecule has 3 aromatic rings. The minimum Gasteiger partial charge on any atom is -0.351 e. The van der Waals surface area contributed by atoms with Gasteiger partial charge in [-0.25, -0.2) is 0 Å². The highest BCUT2D eigenvalue weighted by atomic mass is 19.4. The number of benzene rings is 2. The molecule has 170 valence electrons. The SMILES string of the molecule is CCN(C(=O)c1cc2ccccc2[nH]1)[C@H]1CCC[C@@H](NC(c2ccccc2)C(F)(F)F)C1. The topological polar surface area (TPSA) is 48.1 Å². The summed E-state index contributed by atoms with van der Waals surface area (Å²) in [6.45, 7) is 2.42. The standard InChI is InChI=1S/C25H28F3N3O/c1-2-31(24(32)22-15-18-11-6-7-14-21(18)30-22)20-13-8-12-19(16-20)29-23(25(26,27)28)17-9-4-3-5-10-17/h3-7,9-11,14-15,19-20,23,29-30H,2,8,12-13,16H2,1H3/t19-,20+,23?/m1/s1. The van der Waals surface area contributed by atoms with Crippen molar-refractivity contribution in [1.82, 2.24) is 15.2 Å². The third-order valence-electron chi connectivity index (χ3n) is 6.31. The number of para-hydroxylation sites is 1. The number of hydrogen-bond acceptors (Lipinski definition) is 2. The van der Waals surface area contributed by atoms with Gasteiger partial charge in [-0.15, -0.1) is 0 Å². The van der Waals surface area contributed by atoms with Crippen molar-refractivity contribution in [2.45, 2.75) is 56.9 Å². The van der Waals surface area contributed by atoms with Crippen molar-refractivity contribution in [3.63, 3.8) is 0 Å². The fourth-order valence-electron chi connectivity index (χ4n) is 4.77. The number of nitrogens with one attached hydrogen (secondary N) is 2. The Kier molecular flexibility index (Phi) is 6.55. The van der Waals surface area contributed by atoms with E-state index in [0.29, 0.717) is 25.1 Å². The molecule has 1 unspecified atom stereocenters. The number of carbonyl (C=O) groups excluding carboxylic acids is 1. The van der Waals surface area contributed by atoms with Gasteiger partial charge >= 0.3 is 6.18 Å². The molecule has 1 aliphatic carbocycles.